The largest absolute Gasteiger partial charge is 0.306 e. The molecule has 0 aliphatic heterocycles. The van der Waals surface area contributed by atoms with Crippen molar-refractivity contribution in [1.29, 1.82) is 0 Å². The summed E-state index contributed by atoms with van der Waals surface area (Å²) in [6, 6.07) is 25.5. The third kappa shape index (κ3) is 8.92. The summed E-state index contributed by atoms with van der Waals surface area (Å²) in [6.45, 7) is 10.4. The Morgan fingerprint density at radius 1 is 0.947 bits per heavy atom. The number of nitrogens with zero attached hydrogens (tertiary/aromatic N) is 2. The molecule has 198 valence electrons. The Balaban J connectivity index is 0.000000256. The lowest BCUT2D eigenvalue weighted by Gasteiger charge is -2.15. The molecule has 1 aromatic heterocycles. The van der Waals surface area contributed by atoms with Gasteiger partial charge in [0.1, 0.15) is 6.17 Å². The Labute approximate surface area is 237 Å². The topological polar surface area (TPSA) is 17.8 Å². The van der Waals surface area contributed by atoms with E-state index in [2.05, 4.69) is 99.4 Å². The molecule has 4 aromatic rings. The SMILES string of the molecule is CC(C)Sc1cccc(B(CC=CC(Cl)C(C)F)c2ccccc2)c1.Cc1cccc(C)c1-n1ccnc1. The van der Waals surface area contributed by atoms with Crippen LogP contribution in [0.3, 0.4) is 0 Å². The molecule has 4 rings (SSSR count). The Morgan fingerprint density at radius 2 is 1.61 bits per heavy atom. The second-order valence-corrected chi connectivity index (χ2v) is 11.9. The first kappa shape index (κ1) is 29.8. The molecular formula is C32H37BClFN2S. The fourth-order valence-electron chi connectivity index (χ4n) is 4.33. The van der Waals surface area contributed by atoms with E-state index in [1.165, 1.54) is 39.6 Å². The predicted molar refractivity (Wildman–Crippen MR) is 166 cm³/mol. The van der Waals surface area contributed by atoms with Gasteiger partial charge in [0.25, 0.3) is 0 Å². The predicted octanol–water partition coefficient (Wildman–Crippen LogP) is 7.81. The van der Waals surface area contributed by atoms with Crippen molar-refractivity contribution in [2.24, 2.45) is 0 Å². The molecule has 0 spiro atoms. The van der Waals surface area contributed by atoms with Crippen molar-refractivity contribution in [2.75, 3.05) is 0 Å². The molecule has 2 unspecified atom stereocenters. The number of imidazole rings is 1. The van der Waals surface area contributed by atoms with Crippen LogP contribution in [0, 0.1) is 13.8 Å². The van der Waals surface area contributed by atoms with Crippen LogP contribution in [-0.4, -0.2) is 33.1 Å². The zero-order chi connectivity index (χ0) is 27.5. The van der Waals surface area contributed by atoms with Crippen LogP contribution in [0.2, 0.25) is 6.32 Å². The van der Waals surface area contributed by atoms with Crippen LogP contribution in [0.4, 0.5) is 4.39 Å². The van der Waals surface area contributed by atoms with Crippen molar-refractivity contribution in [3.63, 3.8) is 0 Å². The Morgan fingerprint density at radius 3 is 2.21 bits per heavy atom. The average Bonchev–Trinajstić information content (AvgIpc) is 3.41. The van der Waals surface area contributed by atoms with E-state index in [9.17, 15) is 4.39 Å². The van der Waals surface area contributed by atoms with E-state index >= 15 is 0 Å². The van der Waals surface area contributed by atoms with Crippen LogP contribution in [0.25, 0.3) is 5.69 Å². The molecule has 0 fully saturated rings. The highest BCUT2D eigenvalue weighted by atomic mass is 35.5. The summed E-state index contributed by atoms with van der Waals surface area (Å²) >= 11 is 7.88. The molecule has 6 heteroatoms. The Kier molecular flexibility index (Phi) is 11.8. The molecule has 0 amide bonds. The first-order chi connectivity index (χ1) is 18.3. The van der Waals surface area contributed by atoms with Gasteiger partial charge in [0, 0.05) is 22.5 Å². The van der Waals surface area contributed by atoms with Crippen molar-refractivity contribution >= 4 is 41.0 Å². The number of alkyl halides is 2. The molecule has 2 atom stereocenters. The number of benzene rings is 3. The van der Waals surface area contributed by atoms with Crippen molar-refractivity contribution in [1.82, 2.24) is 9.55 Å². The van der Waals surface area contributed by atoms with Crippen molar-refractivity contribution < 1.29 is 4.39 Å². The first-order valence-corrected chi connectivity index (χ1v) is 14.4. The molecule has 3 aromatic carbocycles. The highest BCUT2D eigenvalue weighted by Gasteiger charge is 2.18. The normalized spacial score (nSPS) is 12.7. The Bertz CT molecular complexity index is 1260. The van der Waals surface area contributed by atoms with E-state index in [0.717, 1.165) is 6.32 Å². The summed E-state index contributed by atoms with van der Waals surface area (Å²) in [5.41, 5.74) is 6.33. The van der Waals surface area contributed by atoms with E-state index in [4.69, 9.17) is 11.6 Å². The van der Waals surface area contributed by atoms with Crippen LogP contribution in [0.5, 0.6) is 0 Å². The van der Waals surface area contributed by atoms with Crippen molar-refractivity contribution in [2.45, 2.75) is 62.6 Å². The van der Waals surface area contributed by atoms with Crippen LogP contribution in [-0.2, 0) is 0 Å². The number of allylic oxidation sites excluding steroid dienone is 2. The maximum Gasteiger partial charge on any atom is 0.213 e. The minimum absolute atomic E-state index is 0.240. The van der Waals surface area contributed by atoms with E-state index in [0.29, 0.717) is 5.25 Å². The number of aryl methyl sites for hydroxylation is 2. The molecule has 0 saturated heterocycles. The molecule has 0 bridgehead atoms. The van der Waals surface area contributed by atoms with Crippen LogP contribution < -0.4 is 10.9 Å². The van der Waals surface area contributed by atoms with Gasteiger partial charge in [-0.2, -0.15) is 0 Å². The van der Waals surface area contributed by atoms with E-state index in [-0.39, 0.29) is 6.71 Å². The molecular weight excluding hydrogens is 510 g/mol. The Hall–Kier alpha value is -2.76. The van der Waals surface area contributed by atoms with E-state index < -0.39 is 11.5 Å². The fraction of sp³-hybridized carbons (Fsp3) is 0.281. The maximum atomic E-state index is 13.3. The average molecular weight is 547 g/mol. The molecule has 0 radical (unpaired) electrons. The van der Waals surface area contributed by atoms with Gasteiger partial charge in [-0.25, -0.2) is 9.37 Å². The molecule has 0 aliphatic carbocycles. The van der Waals surface area contributed by atoms with Crippen molar-refractivity contribution in [3.8, 4) is 5.69 Å². The van der Waals surface area contributed by atoms with Crippen LogP contribution in [0.15, 0.2) is 109 Å². The van der Waals surface area contributed by atoms with Gasteiger partial charge in [-0.1, -0.05) is 104 Å². The molecule has 0 saturated carbocycles. The highest BCUT2D eigenvalue weighted by molar-refractivity contribution is 7.99. The zero-order valence-corrected chi connectivity index (χ0v) is 24.5. The van der Waals surface area contributed by atoms with Gasteiger partial charge in [-0.05, 0) is 44.3 Å². The molecule has 2 nitrogen and oxygen atoms in total. The molecule has 38 heavy (non-hydrogen) atoms. The quantitative estimate of drug-likeness (QED) is 0.0922. The van der Waals surface area contributed by atoms with E-state index in [1.54, 1.807) is 12.3 Å². The lowest BCUT2D eigenvalue weighted by Crippen LogP contribution is -2.41. The number of halogens is 2. The van der Waals surface area contributed by atoms with Gasteiger partial charge in [-0.15, -0.1) is 23.4 Å². The minimum Gasteiger partial charge on any atom is -0.306 e. The first-order valence-electron chi connectivity index (χ1n) is 13.1. The van der Waals surface area contributed by atoms with Gasteiger partial charge in [0.15, 0.2) is 0 Å². The van der Waals surface area contributed by atoms with Gasteiger partial charge in [-0.3, -0.25) is 0 Å². The monoisotopic (exact) mass is 546 g/mol. The van der Waals surface area contributed by atoms with Crippen LogP contribution in [0.1, 0.15) is 31.9 Å². The third-order valence-electron chi connectivity index (χ3n) is 6.17. The second-order valence-electron chi connectivity index (χ2n) is 9.70. The lowest BCUT2D eigenvalue weighted by atomic mass is 9.38. The summed E-state index contributed by atoms with van der Waals surface area (Å²) in [6.07, 6.45) is 9.13. The number of para-hydroxylation sites is 1. The number of thioether (sulfide) groups is 1. The number of hydrogen-bond donors (Lipinski definition) is 0. The van der Waals surface area contributed by atoms with Crippen molar-refractivity contribution in [3.05, 3.63) is 115 Å². The van der Waals surface area contributed by atoms with Gasteiger partial charge in [0.05, 0.1) is 17.4 Å². The number of rotatable bonds is 9. The van der Waals surface area contributed by atoms with E-state index in [1.807, 2.05) is 41.0 Å². The molecule has 0 N–H and O–H groups in total. The van der Waals surface area contributed by atoms with Gasteiger partial charge in [0.2, 0.25) is 6.71 Å². The summed E-state index contributed by atoms with van der Waals surface area (Å²) in [4.78, 5) is 5.33. The zero-order valence-electron chi connectivity index (χ0n) is 22.9. The maximum absolute atomic E-state index is 13.3. The third-order valence-corrected chi connectivity index (χ3v) is 7.66. The summed E-state index contributed by atoms with van der Waals surface area (Å²) < 4.78 is 15.3. The molecule has 0 aliphatic rings. The number of hydrogen-bond acceptors (Lipinski definition) is 2. The summed E-state index contributed by atoms with van der Waals surface area (Å²) in [5, 5.41) is -0.0207. The standard InChI is InChI=1S/C21H25BClFS.C11H12N2/c1-16(2)25-20-12-7-11-19(15-20)22(18-9-5-4-6-10-18)14-8-13-21(23)17(3)24;1-9-4-3-5-10(2)11(9)13-7-6-12-8-13/h4-13,15-17,21H,14H2,1-3H3;3-8H,1-2H3. The lowest BCUT2D eigenvalue weighted by molar-refractivity contribution is 0.369. The second kappa shape index (κ2) is 15.0. The summed E-state index contributed by atoms with van der Waals surface area (Å²) in [7, 11) is 0. The minimum atomic E-state index is -1.04. The smallest absolute Gasteiger partial charge is 0.213 e. The fourth-order valence-corrected chi connectivity index (χ4v) is 5.34. The molecule has 1 heterocycles. The van der Waals surface area contributed by atoms with Crippen LogP contribution >= 0.6 is 23.4 Å². The van der Waals surface area contributed by atoms with Gasteiger partial charge < -0.3 is 4.57 Å². The number of aromatic nitrogens is 2. The van der Waals surface area contributed by atoms with Gasteiger partial charge >= 0.3 is 0 Å². The summed E-state index contributed by atoms with van der Waals surface area (Å²) in [5.74, 6) is 0. The highest BCUT2D eigenvalue weighted by Crippen LogP contribution is 2.22.